The van der Waals surface area contributed by atoms with Crippen molar-refractivity contribution >= 4 is 24.0 Å². The Bertz CT molecular complexity index is 854. The molecule has 1 aromatic rings. The molecule has 6 rings (SSSR count). The van der Waals surface area contributed by atoms with Gasteiger partial charge in [-0.3, -0.25) is 9.59 Å². The third-order valence-electron chi connectivity index (χ3n) is 6.20. The highest BCUT2D eigenvalue weighted by molar-refractivity contribution is 6.06. The van der Waals surface area contributed by atoms with E-state index in [0.717, 1.165) is 11.4 Å². The molecule has 7 nitrogen and oxygen atoms in total. The number of carboxylic acids is 1. The fraction of sp³-hybridized carbons (Fsp3) is 0.400. The van der Waals surface area contributed by atoms with E-state index in [1.165, 1.54) is 6.21 Å². The zero-order valence-electron chi connectivity index (χ0n) is 14.4. The predicted octanol–water partition coefficient (Wildman–Crippen LogP) is 1.54. The maximum absolute atomic E-state index is 12.8. The summed E-state index contributed by atoms with van der Waals surface area (Å²) in [6.45, 7) is -0.411. The molecule has 1 aliphatic heterocycles. The second-order valence-corrected chi connectivity index (χ2v) is 7.64. The van der Waals surface area contributed by atoms with Gasteiger partial charge in [0.05, 0.1) is 18.1 Å². The number of ether oxygens (including phenoxy) is 1. The van der Waals surface area contributed by atoms with E-state index in [-0.39, 0.29) is 35.5 Å². The Kier molecular flexibility index (Phi) is 3.47. The molecule has 6 atom stereocenters. The van der Waals surface area contributed by atoms with Crippen LogP contribution in [0.25, 0.3) is 0 Å². The van der Waals surface area contributed by atoms with Gasteiger partial charge in [0.2, 0.25) is 0 Å². The Morgan fingerprint density at radius 2 is 1.70 bits per heavy atom. The monoisotopic (exact) mass is 366 g/mol. The first-order chi connectivity index (χ1) is 13.0. The summed E-state index contributed by atoms with van der Waals surface area (Å²) in [5.74, 6) is 0.0188. The Labute approximate surface area is 155 Å². The van der Waals surface area contributed by atoms with Gasteiger partial charge >= 0.3 is 5.97 Å². The zero-order chi connectivity index (χ0) is 18.7. The Balaban J connectivity index is 1.31. The lowest BCUT2D eigenvalue weighted by Gasteiger charge is -2.37. The van der Waals surface area contributed by atoms with Crippen LogP contribution in [0.15, 0.2) is 41.5 Å². The van der Waals surface area contributed by atoms with E-state index >= 15 is 0 Å². The Hall–Kier alpha value is -2.96. The molecule has 27 heavy (non-hydrogen) atoms. The summed E-state index contributed by atoms with van der Waals surface area (Å²) in [7, 11) is 0. The first-order valence-electron chi connectivity index (χ1n) is 9.09. The van der Waals surface area contributed by atoms with Gasteiger partial charge in [0.15, 0.2) is 6.61 Å². The quantitative estimate of drug-likeness (QED) is 0.484. The number of amides is 2. The van der Waals surface area contributed by atoms with Crippen LogP contribution in [-0.4, -0.2) is 40.7 Å². The van der Waals surface area contributed by atoms with Crippen LogP contribution in [0.2, 0.25) is 0 Å². The zero-order valence-corrected chi connectivity index (χ0v) is 14.4. The summed E-state index contributed by atoms with van der Waals surface area (Å²) in [5.41, 5.74) is 0.692. The van der Waals surface area contributed by atoms with Crippen molar-refractivity contribution in [3.63, 3.8) is 0 Å². The molecule has 0 unspecified atom stereocenters. The number of allylic oxidation sites excluding steroid dienone is 2. The maximum Gasteiger partial charge on any atom is 0.341 e. The van der Waals surface area contributed by atoms with Crippen LogP contribution in [0.4, 0.5) is 0 Å². The summed E-state index contributed by atoms with van der Waals surface area (Å²) in [5, 5.41) is 13.8. The van der Waals surface area contributed by atoms with E-state index in [2.05, 4.69) is 17.3 Å². The standard InChI is InChI=1S/C20H18N2O5/c23-16(24)9-27-11-3-1-10(2-4-11)8-21-22-19(25)17-12-5-6-13(15-7-14(12)15)18(17)20(22)26/h1-6,8,12-15,17-18H,7,9H2,(H,23,24)/b21-8-/t12-,13-,14-,15-,17-,18+/m0/s1. The van der Waals surface area contributed by atoms with Crippen molar-refractivity contribution in [2.45, 2.75) is 6.42 Å². The minimum atomic E-state index is -1.05. The van der Waals surface area contributed by atoms with Gasteiger partial charge in [0, 0.05) is 0 Å². The van der Waals surface area contributed by atoms with Crippen molar-refractivity contribution < 1.29 is 24.2 Å². The van der Waals surface area contributed by atoms with E-state index in [4.69, 9.17) is 9.84 Å². The largest absolute Gasteiger partial charge is 0.482 e. The minimum Gasteiger partial charge on any atom is -0.482 e. The van der Waals surface area contributed by atoms with Gasteiger partial charge in [-0.15, -0.1) is 0 Å². The summed E-state index contributed by atoms with van der Waals surface area (Å²) >= 11 is 0. The molecular weight excluding hydrogens is 348 g/mol. The molecule has 2 bridgehead atoms. The van der Waals surface area contributed by atoms with Crippen molar-refractivity contribution in [3.8, 4) is 5.75 Å². The molecule has 5 aliphatic rings. The molecule has 138 valence electrons. The topological polar surface area (TPSA) is 96.3 Å². The first kappa shape index (κ1) is 16.2. The van der Waals surface area contributed by atoms with Crippen LogP contribution < -0.4 is 4.74 Å². The molecule has 1 saturated heterocycles. The van der Waals surface area contributed by atoms with Crippen molar-refractivity contribution in [3.05, 3.63) is 42.0 Å². The SMILES string of the molecule is O=C(O)COc1ccc(/C=N\N2C(=O)[C@@H]3[C@H]4C=C[C@@H]([C@@H]5C[C@@H]45)[C@@H]3C2=O)cc1. The lowest BCUT2D eigenvalue weighted by Crippen LogP contribution is -2.40. The maximum atomic E-state index is 12.8. The van der Waals surface area contributed by atoms with Gasteiger partial charge in [0.1, 0.15) is 5.75 Å². The van der Waals surface area contributed by atoms with E-state index < -0.39 is 12.6 Å². The van der Waals surface area contributed by atoms with E-state index in [9.17, 15) is 14.4 Å². The Morgan fingerprint density at radius 3 is 2.26 bits per heavy atom. The summed E-state index contributed by atoms with van der Waals surface area (Å²) in [4.78, 5) is 36.1. The summed E-state index contributed by atoms with van der Waals surface area (Å²) < 4.78 is 5.07. The van der Waals surface area contributed by atoms with Crippen LogP contribution in [-0.2, 0) is 14.4 Å². The summed E-state index contributed by atoms with van der Waals surface area (Å²) in [6, 6.07) is 6.63. The Morgan fingerprint density at radius 1 is 1.11 bits per heavy atom. The van der Waals surface area contributed by atoms with Crippen LogP contribution in [0.5, 0.6) is 5.75 Å². The first-order valence-corrected chi connectivity index (χ1v) is 9.09. The van der Waals surface area contributed by atoms with E-state index in [1.807, 2.05) is 0 Å². The number of hydrogen-bond donors (Lipinski definition) is 1. The molecule has 1 N–H and O–H groups in total. The molecular formula is C20H18N2O5. The second kappa shape index (κ2) is 5.77. The smallest absolute Gasteiger partial charge is 0.341 e. The van der Waals surface area contributed by atoms with Crippen molar-refractivity contribution in [2.24, 2.45) is 40.6 Å². The number of hydrogen-bond acceptors (Lipinski definition) is 5. The third-order valence-corrected chi connectivity index (χ3v) is 6.20. The normalized spacial score (nSPS) is 35.5. The average molecular weight is 366 g/mol. The van der Waals surface area contributed by atoms with Gasteiger partial charge < -0.3 is 9.84 Å². The molecule has 2 saturated carbocycles. The highest BCUT2D eigenvalue weighted by Crippen LogP contribution is 2.65. The molecule has 0 spiro atoms. The lowest BCUT2D eigenvalue weighted by atomic mass is 9.63. The molecule has 3 fully saturated rings. The summed E-state index contributed by atoms with van der Waals surface area (Å²) in [6.07, 6.45) is 6.88. The fourth-order valence-corrected chi connectivity index (χ4v) is 4.97. The number of rotatable bonds is 5. The number of carboxylic acid groups (broad SMARTS) is 1. The van der Waals surface area contributed by atoms with E-state index in [1.54, 1.807) is 24.3 Å². The molecule has 4 aliphatic carbocycles. The van der Waals surface area contributed by atoms with Crippen molar-refractivity contribution in [1.29, 1.82) is 0 Å². The average Bonchev–Trinajstić information content (AvgIpc) is 3.45. The number of aliphatic carboxylic acids is 1. The number of carbonyl (C=O) groups is 3. The van der Waals surface area contributed by atoms with Crippen molar-refractivity contribution in [1.82, 2.24) is 5.01 Å². The van der Waals surface area contributed by atoms with Crippen LogP contribution in [0.1, 0.15) is 12.0 Å². The number of benzene rings is 1. The van der Waals surface area contributed by atoms with E-state index in [0.29, 0.717) is 23.1 Å². The van der Waals surface area contributed by atoms with Gasteiger partial charge in [-0.2, -0.15) is 10.1 Å². The predicted molar refractivity (Wildman–Crippen MR) is 93.7 cm³/mol. The third kappa shape index (κ3) is 2.49. The number of imide groups is 1. The second-order valence-electron chi connectivity index (χ2n) is 7.64. The minimum absolute atomic E-state index is 0.187. The van der Waals surface area contributed by atoms with Gasteiger partial charge in [-0.25, -0.2) is 4.79 Å². The molecule has 0 radical (unpaired) electrons. The van der Waals surface area contributed by atoms with Crippen LogP contribution in [0, 0.1) is 35.5 Å². The van der Waals surface area contributed by atoms with Gasteiger partial charge in [0.25, 0.3) is 11.8 Å². The number of carbonyl (C=O) groups excluding carboxylic acids is 2. The fourth-order valence-electron chi connectivity index (χ4n) is 4.97. The molecule has 0 aromatic heterocycles. The van der Waals surface area contributed by atoms with Crippen LogP contribution in [0.3, 0.4) is 0 Å². The number of hydrazone groups is 1. The van der Waals surface area contributed by atoms with Gasteiger partial charge in [-0.1, -0.05) is 12.2 Å². The molecule has 1 heterocycles. The van der Waals surface area contributed by atoms with Gasteiger partial charge in [-0.05, 0) is 59.9 Å². The lowest BCUT2D eigenvalue weighted by molar-refractivity contribution is -0.141. The molecule has 1 aromatic carbocycles. The molecule has 2 amide bonds. The highest BCUT2D eigenvalue weighted by Gasteiger charge is 2.67. The molecule has 7 heteroatoms. The number of nitrogens with zero attached hydrogens (tertiary/aromatic N) is 2. The highest BCUT2D eigenvalue weighted by atomic mass is 16.5. The van der Waals surface area contributed by atoms with Crippen molar-refractivity contribution in [2.75, 3.05) is 6.61 Å². The van der Waals surface area contributed by atoms with Crippen LogP contribution >= 0.6 is 0 Å².